The fourth-order valence-corrected chi connectivity index (χ4v) is 1.66. The zero-order chi connectivity index (χ0) is 8.93. The first-order valence-corrected chi connectivity index (χ1v) is 4.72. The van der Waals surface area contributed by atoms with Crippen LogP contribution in [0.15, 0.2) is 29.3 Å². The fourth-order valence-electron chi connectivity index (χ4n) is 1.66. The summed E-state index contributed by atoms with van der Waals surface area (Å²) in [7, 11) is 0. The molecule has 0 saturated carbocycles. The Morgan fingerprint density at radius 2 is 2.23 bits per heavy atom. The van der Waals surface area contributed by atoms with Crippen molar-refractivity contribution in [2.75, 3.05) is 13.1 Å². The highest BCUT2D eigenvalue weighted by Crippen LogP contribution is 2.23. The quantitative estimate of drug-likeness (QED) is 0.659. The molecule has 0 unspecified atom stereocenters. The van der Waals surface area contributed by atoms with Gasteiger partial charge in [0, 0.05) is 12.1 Å². The van der Waals surface area contributed by atoms with Gasteiger partial charge in [-0.25, -0.2) is 0 Å². The molecule has 70 valence electrons. The Morgan fingerprint density at radius 3 is 3.08 bits per heavy atom. The van der Waals surface area contributed by atoms with Crippen LogP contribution < -0.4 is 5.32 Å². The molecule has 0 amide bonds. The molecular formula is C10H14N2O. The van der Waals surface area contributed by atoms with E-state index in [1.54, 1.807) is 12.5 Å². The fraction of sp³-hybridized carbons (Fsp3) is 0.500. The summed E-state index contributed by atoms with van der Waals surface area (Å²) in [5.74, 6) is 1.55. The molecule has 13 heavy (non-hydrogen) atoms. The minimum atomic E-state index is 0.543. The maximum Gasteiger partial charge on any atom is 0.125 e. The molecule has 3 nitrogen and oxygen atoms in total. The van der Waals surface area contributed by atoms with E-state index in [1.165, 1.54) is 0 Å². The highest BCUT2D eigenvalue weighted by molar-refractivity contribution is 5.71. The van der Waals surface area contributed by atoms with Crippen molar-refractivity contribution < 1.29 is 4.74 Å². The van der Waals surface area contributed by atoms with Crippen molar-refractivity contribution >= 4 is 6.21 Å². The van der Waals surface area contributed by atoms with E-state index in [1.807, 2.05) is 12.3 Å². The Labute approximate surface area is 78.2 Å². The van der Waals surface area contributed by atoms with Gasteiger partial charge in [0.05, 0.1) is 12.5 Å². The van der Waals surface area contributed by atoms with Crippen molar-refractivity contribution in [1.29, 1.82) is 0 Å². The first-order valence-electron chi connectivity index (χ1n) is 4.72. The Kier molecular flexibility index (Phi) is 2.77. The molecule has 0 aromatic heterocycles. The van der Waals surface area contributed by atoms with Gasteiger partial charge in [0.15, 0.2) is 0 Å². The predicted octanol–water partition coefficient (Wildman–Crippen LogP) is 1.44. The highest BCUT2D eigenvalue weighted by atomic mass is 16.5. The van der Waals surface area contributed by atoms with E-state index < -0.39 is 0 Å². The molecule has 0 aromatic rings. The van der Waals surface area contributed by atoms with Crippen LogP contribution >= 0.6 is 0 Å². The number of hydrogen-bond acceptors (Lipinski definition) is 3. The SMILES string of the molecule is C1=COC(C2CCNCC2)=CN=C1. The van der Waals surface area contributed by atoms with Crippen LogP contribution in [-0.4, -0.2) is 19.3 Å². The molecule has 0 spiro atoms. The lowest BCUT2D eigenvalue weighted by molar-refractivity contribution is 0.255. The number of allylic oxidation sites excluding steroid dienone is 2. The van der Waals surface area contributed by atoms with Gasteiger partial charge in [-0.15, -0.1) is 0 Å². The number of hydrogen-bond donors (Lipinski definition) is 1. The summed E-state index contributed by atoms with van der Waals surface area (Å²) in [5, 5.41) is 3.33. The number of piperidine rings is 1. The third-order valence-corrected chi connectivity index (χ3v) is 2.40. The Hall–Kier alpha value is -1.09. The van der Waals surface area contributed by atoms with E-state index in [-0.39, 0.29) is 0 Å². The van der Waals surface area contributed by atoms with Gasteiger partial charge >= 0.3 is 0 Å². The Balaban J connectivity index is 2.01. The first-order chi connectivity index (χ1) is 6.47. The van der Waals surface area contributed by atoms with Gasteiger partial charge in [0.2, 0.25) is 0 Å². The van der Waals surface area contributed by atoms with Crippen molar-refractivity contribution in [1.82, 2.24) is 5.32 Å². The summed E-state index contributed by atoms with van der Waals surface area (Å²) >= 11 is 0. The summed E-state index contributed by atoms with van der Waals surface area (Å²) in [5.41, 5.74) is 0. The predicted molar refractivity (Wildman–Crippen MR) is 52.4 cm³/mol. The molecule has 3 heteroatoms. The van der Waals surface area contributed by atoms with E-state index in [0.717, 1.165) is 31.7 Å². The second-order valence-corrected chi connectivity index (χ2v) is 3.30. The van der Waals surface area contributed by atoms with Gasteiger partial charge in [0.25, 0.3) is 0 Å². The van der Waals surface area contributed by atoms with Gasteiger partial charge < -0.3 is 10.1 Å². The van der Waals surface area contributed by atoms with E-state index in [9.17, 15) is 0 Å². The number of ether oxygens (including phenoxy) is 1. The maximum absolute atomic E-state index is 5.47. The summed E-state index contributed by atoms with van der Waals surface area (Å²) < 4.78 is 5.47. The summed E-state index contributed by atoms with van der Waals surface area (Å²) in [4.78, 5) is 4.11. The summed E-state index contributed by atoms with van der Waals surface area (Å²) in [6.07, 6.45) is 9.38. The molecule has 2 rings (SSSR count). The maximum atomic E-state index is 5.47. The van der Waals surface area contributed by atoms with Gasteiger partial charge in [-0.05, 0) is 32.0 Å². The van der Waals surface area contributed by atoms with E-state index in [0.29, 0.717) is 5.92 Å². The minimum absolute atomic E-state index is 0.543. The lowest BCUT2D eigenvalue weighted by atomic mass is 9.96. The Bertz CT molecular complexity index is 250. The molecule has 0 aromatic carbocycles. The molecule has 2 aliphatic heterocycles. The van der Waals surface area contributed by atoms with Crippen molar-refractivity contribution in [2.24, 2.45) is 10.9 Å². The second kappa shape index (κ2) is 4.23. The Morgan fingerprint density at radius 1 is 1.38 bits per heavy atom. The average molecular weight is 178 g/mol. The smallest absolute Gasteiger partial charge is 0.125 e. The molecule has 0 atom stereocenters. The highest BCUT2D eigenvalue weighted by Gasteiger charge is 2.18. The molecule has 1 N–H and O–H groups in total. The van der Waals surface area contributed by atoms with Crippen LogP contribution in [-0.2, 0) is 4.74 Å². The van der Waals surface area contributed by atoms with E-state index in [2.05, 4.69) is 10.3 Å². The van der Waals surface area contributed by atoms with Gasteiger partial charge in [-0.1, -0.05) is 0 Å². The molecule has 1 fully saturated rings. The van der Waals surface area contributed by atoms with E-state index >= 15 is 0 Å². The van der Waals surface area contributed by atoms with Gasteiger partial charge in [-0.2, -0.15) is 0 Å². The topological polar surface area (TPSA) is 33.6 Å². The lowest BCUT2D eigenvalue weighted by Gasteiger charge is -2.23. The number of nitrogens with one attached hydrogen (secondary N) is 1. The van der Waals surface area contributed by atoms with Crippen molar-refractivity contribution in [3.8, 4) is 0 Å². The third kappa shape index (κ3) is 2.18. The van der Waals surface area contributed by atoms with Crippen LogP contribution in [0.4, 0.5) is 0 Å². The summed E-state index contributed by atoms with van der Waals surface area (Å²) in [6.45, 7) is 2.16. The lowest BCUT2D eigenvalue weighted by Crippen LogP contribution is -2.28. The second-order valence-electron chi connectivity index (χ2n) is 3.30. The third-order valence-electron chi connectivity index (χ3n) is 2.40. The number of nitrogens with zero attached hydrogens (tertiary/aromatic N) is 1. The van der Waals surface area contributed by atoms with Crippen LogP contribution in [0.3, 0.4) is 0 Å². The normalized spacial score (nSPS) is 23.5. The van der Waals surface area contributed by atoms with Crippen LogP contribution in [0.2, 0.25) is 0 Å². The first kappa shape index (κ1) is 8.51. The molecule has 1 saturated heterocycles. The molecule has 0 aliphatic carbocycles. The monoisotopic (exact) mass is 178 g/mol. The zero-order valence-corrected chi connectivity index (χ0v) is 7.57. The molecular weight excluding hydrogens is 164 g/mol. The van der Waals surface area contributed by atoms with Gasteiger partial charge in [0.1, 0.15) is 5.76 Å². The largest absolute Gasteiger partial charge is 0.467 e. The van der Waals surface area contributed by atoms with Crippen molar-refractivity contribution in [3.63, 3.8) is 0 Å². The van der Waals surface area contributed by atoms with Crippen molar-refractivity contribution in [2.45, 2.75) is 12.8 Å². The minimum Gasteiger partial charge on any atom is -0.467 e. The molecule has 2 heterocycles. The molecule has 0 radical (unpaired) electrons. The van der Waals surface area contributed by atoms with Crippen LogP contribution in [0.25, 0.3) is 0 Å². The van der Waals surface area contributed by atoms with E-state index in [4.69, 9.17) is 4.74 Å². The molecule has 2 aliphatic rings. The number of aliphatic imine (C=N–C) groups is 1. The van der Waals surface area contributed by atoms with Crippen LogP contribution in [0, 0.1) is 5.92 Å². The average Bonchev–Trinajstić information content (AvgIpc) is 2.47. The molecule has 0 bridgehead atoms. The standard InChI is InChI=1S/C10H14N2O/c1-4-12-8-10(13-7-1)9-2-5-11-6-3-9/h1,4,7-9,11H,2-3,5-6H2. The van der Waals surface area contributed by atoms with Gasteiger partial charge in [-0.3, -0.25) is 4.99 Å². The van der Waals surface area contributed by atoms with Crippen LogP contribution in [0.5, 0.6) is 0 Å². The summed E-state index contributed by atoms with van der Waals surface area (Å²) in [6, 6.07) is 0. The van der Waals surface area contributed by atoms with Crippen molar-refractivity contribution in [3.05, 3.63) is 24.3 Å². The zero-order valence-electron chi connectivity index (χ0n) is 7.57. The number of rotatable bonds is 1. The van der Waals surface area contributed by atoms with Crippen LogP contribution in [0.1, 0.15) is 12.8 Å².